The van der Waals surface area contributed by atoms with Gasteiger partial charge in [-0.2, -0.15) is 0 Å². The molecule has 1 aromatic carbocycles. The summed E-state index contributed by atoms with van der Waals surface area (Å²) in [7, 11) is 1.60. The summed E-state index contributed by atoms with van der Waals surface area (Å²) < 4.78 is 5.08. The average Bonchev–Trinajstić information content (AvgIpc) is 2.60. The van der Waals surface area contributed by atoms with Crippen molar-refractivity contribution in [2.45, 2.75) is 12.8 Å². The average molecular weight is 347 g/mol. The van der Waals surface area contributed by atoms with Crippen molar-refractivity contribution < 1.29 is 14.3 Å². The minimum absolute atomic E-state index is 0.219. The number of nitrogens with one attached hydrogen (secondary N) is 1. The highest BCUT2D eigenvalue weighted by Crippen LogP contribution is 2.16. The second-order valence-electron chi connectivity index (χ2n) is 5.59. The minimum atomic E-state index is -0.326. The zero-order valence-corrected chi connectivity index (χ0v) is 14.3. The van der Waals surface area contributed by atoms with Crippen molar-refractivity contribution in [3.05, 3.63) is 35.9 Å². The van der Waals surface area contributed by atoms with Gasteiger partial charge in [0.05, 0.1) is 13.0 Å². The van der Waals surface area contributed by atoms with Gasteiger partial charge in [-0.15, -0.1) is 0 Å². The van der Waals surface area contributed by atoms with Crippen molar-refractivity contribution in [2.75, 3.05) is 20.2 Å². The summed E-state index contributed by atoms with van der Waals surface area (Å²) in [6, 6.07) is 7.34. The standard InChI is InChI=1S/C17H21N3O3S/c1-23-14-7-4-12(5-8-14)6-9-15(21)19-17(24)20-10-2-3-13(11-20)16(18)22/h4-9,13H,2-3,10-11H2,1H3,(H2,18,22)(H,19,21,24)/b9-6+/t13-/m0/s1. The number of ether oxygens (including phenoxy) is 1. The third kappa shape index (κ3) is 5.06. The molecule has 24 heavy (non-hydrogen) atoms. The summed E-state index contributed by atoms with van der Waals surface area (Å²) in [6.45, 7) is 1.17. The van der Waals surface area contributed by atoms with E-state index in [1.807, 2.05) is 29.2 Å². The molecular formula is C17H21N3O3S. The number of carbonyl (C=O) groups is 2. The van der Waals surface area contributed by atoms with Crippen LogP contribution in [0.2, 0.25) is 0 Å². The summed E-state index contributed by atoms with van der Waals surface area (Å²) in [5.74, 6) is -0.0967. The van der Waals surface area contributed by atoms with E-state index in [0.29, 0.717) is 18.2 Å². The van der Waals surface area contributed by atoms with Crippen LogP contribution < -0.4 is 15.8 Å². The number of hydrogen-bond donors (Lipinski definition) is 2. The lowest BCUT2D eigenvalue weighted by atomic mass is 9.98. The molecule has 0 aromatic heterocycles. The van der Waals surface area contributed by atoms with Crippen LogP contribution in [-0.2, 0) is 9.59 Å². The number of nitrogens with two attached hydrogens (primary N) is 1. The van der Waals surface area contributed by atoms with Crippen LogP contribution in [0.1, 0.15) is 18.4 Å². The molecule has 1 aliphatic rings. The lowest BCUT2D eigenvalue weighted by Crippen LogP contribution is -2.49. The minimum Gasteiger partial charge on any atom is -0.497 e. The number of hydrogen-bond acceptors (Lipinski definition) is 4. The fourth-order valence-electron chi connectivity index (χ4n) is 2.51. The molecule has 1 aliphatic heterocycles. The molecule has 0 radical (unpaired) electrons. The van der Waals surface area contributed by atoms with Gasteiger partial charge in [0.25, 0.3) is 0 Å². The fourth-order valence-corrected chi connectivity index (χ4v) is 2.77. The highest BCUT2D eigenvalue weighted by molar-refractivity contribution is 7.80. The number of carbonyl (C=O) groups excluding carboxylic acids is 2. The largest absolute Gasteiger partial charge is 0.497 e. The Labute approximate surface area is 146 Å². The number of likely N-dealkylation sites (tertiary alicyclic amines) is 1. The highest BCUT2D eigenvalue weighted by atomic mass is 32.1. The topological polar surface area (TPSA) is 84.7 Å². The van der Waals surface area contributed by atoms with Crippen LogP contribution in [0, 0.1) is 5.92 Å². The predicted molar refractivity (Wildman–Crippen MR) is 96.3 cm³/mol. The molecule has 128 valence electrons. The van der Waals surface area contributed by atoms with Crippen LogP contribution in [0.3, 0.4) is 0 Å². The molecular weight excluding hydrogens is 326 g/mol. The molecule has 1 heterocycles. The maximum atomic E-state index is 12.0. The lowest BCUT2D eigenvalue weighted by Gasteiger charge is -2.32. The van der Waals surface area contributed by atoms with Gasteiger partial charge in [0.2, 0.25) is 11.8 Å². The van der Waals surface area contributed by atoms with Gasteiger partial charge >= 0.3 is 0 Å². The van der Waals surface area contributed by atoms with E-state index in [1.165, 1.54) is 6.08 Å². The summed E-state index contributed by atoms with van der Waals surface area (Å²) in [4.78, 5) is 25.1. The molecule has 6 nitrogen and oxygen atoms in total. The summed E-state index contributed by atoms with van der Waals surface area (Å²) in [6.07, 6.45) is 4.70. The van der Waals surface area contributed by atoms with Crippen LogP contribution in [0.15, 0.2) is 30.3 Å². The predicted octanol–water partition coefficient (Wildman–Crippen LogP) is 1.31. The Morgan fingerprint density at radius 2 is 2.08 bits per heavy atom. The smallest absolute Gasteiger partial charge is 0.250 e. The third-order valence-corrected chi connectivity index (χ3v) is 4.24. The van der Waals surface area contributed by atoms with Gasteiger partial charge in [0, 0.05) is 19.2 Å². The monoisotopic (exact) mass is 347 g/mol. The zero-order chi connectivity index (χ0) is 17.5. The van der Waals surface area contributed by atoms with Crippen molar-refractivity contribution in [1.29, 1.82) is 0 Å². The zero-order valence-electron chi connectivity index (χ0n) is 13.5. The van der Waals surface area contributed by atoms with Crippen molar-refractivity contribution in [3.8, 4) is 5.75 Å². The first-order chi connectivity index (χ1) is 11.5. The number of thiocarbonyl (C=S) groups is 1. The Bertz CT molecular complexity index is 643. The van der Waals surface area contributed by atoms with Gasteiger partial charge in [-0.25, -0.2) is 0 Å². The lowest BCUT2D eigenvalue weighted by molar-refractivity contribution is -0.122. The van der Waals surface area contributed by atoms with E-state index < -0.39 is 0 Å². The number of primary amides is 1. The second kappa shape index (κ2) is 8.44. The maximum absolute atomic E-state index is 12.0. The maximum Gasteiger partial charge on any atom is 0.250 e. The van der Waals surface area contributed by atoms with E-state index >= 15 is 0 Å². The highest BCUT2D eigenvalue weighted by Gasteiger charge is 2.25. The number of amides is 2. The Balaban J connectivity index is 1.87. The normalized spacial score (nSPS) is 17.5. The van der Waals surface area contributed by atoms with Crippen LogP contribution in [-0.4, -0.2) is 42.0 Å². The molecule has 0 saturated carbocycles. The first kappa shape index (κ1) is 17.9. The quantitative estimate of drug-likeness (QED) is 0.634. The Kier molecular flexibility index (Phi) is 6.31. The summed E-state index contributed by atoms with van der Waals surface area (Å²) in [5.41, 5.74) is 6.23. The molecule has 0 spiro atoms. The van der Waals surface area contributed by atoms with E-state index in [9.17, 15) is 9.59 Å². The molecule has 7 heteroatoms. The first-order valence-corrected chi connectivity index (χ1v) is 8.11. The molecule has 0 bridgehead atoms. The number of benzene rings is 1. The Morgan fingerprint density at radius 1 is 1.38 bits per heavy atom. The molecule has 3 N–H and O–H groups in total. The molecule has 1 saturated heterocycles. The van der Waals surface area contributed by atoms with Gasteiger partial charge in [0.15, 0.2) is 5.11 Å². The Morgan fingerprint density at radius 3 is 2.71 bits per heavy atom. The van der Waals surface area contributed by atoms with Crippen LogP contribution in [0.4, 0.5) is 0 Å². The van der Waals surface area contributed by atoms with E-state index in [4.69, 9.17) is 22.7 Å². The summed E-state index contributed by atoms with van der Waals surface area (Å²) in [5, 5.41) is 2.98. The van der Waals surface area contributed by atoms with Gasteiger partial charge in [-0.1, -0.05) is 12.1 Å². The Hall–Kier alpha value is -2.41. The molecule has 2 amide bonds. The molecule has 1 aromatic rings. The van der Waals surface area contributed by atoms with Gasteiger partial charge in [0.1, 0.15) is 5.75 Å². The number of methoxy groups -OCH3 is 1. The number of rotatable bonds is 4. The third-order valence-electron chi connectivity index (χ3n) is 3.88. The molecule has 0 unspecified atom stereocenters. The molecule has 0 aliphatic carbocycles. The van der Waals surface area contributed by atoms with Crippen molar-refractivity contribution in [1.82, 2.24) is 10.2 Å². The van der Waals surface area contributed by atoms with Gasteiger partial charge in [-0.05, 0) is 48.8 Å². The second-order valence-corrected chi connectivity index (χ2v) is 5.98. The summed E-state index contributed by atoms with van der Waals surface area (Å²) >= 11 is 5.24. The van der Waals surface area contributed by atoms with E-state index in [1.54, 1.807) is 13.2 Å². The van der Waals surface area contributed by atoms with Crippen molar-refractivity contribution in [2.24, 2.45) is 11.7 Å². The first-order valence-electron chi connectivity index (χ1n) is 7.71. The number of nitrogens with zero attached hydrogens (tertiary/aromatic N) is 1. The van der Waals surface area contributed by atoms with Crippen LogP contribution in [0.5, 0.6) is 5.75 Å². The van der Waals surface area contributed by atoms with E-state index in [2.05, 4.69) is 5.32 Å². The van der Waals surface area contributed by atoms with E-state index in [0.717, 1.165) is 24.2 Å². The molecule has 1 atom stereocenters. The van der Waals surface area contributed by atoms with Gasteiger partial charge < -0.3 is 15.4 Å². The molecule has 1 fully saturated rings. The van der Waals surface area contributed by atoms with Crippen LogP contribution >= 0.6 is 12.2 Å². The fraction of sp³-hybridized carbons (Fsp3) is 0.353. The number of piperidine rings is 1. The van der Waals surface area contributed by atoms with Crippen molar-refractivity contribution >= 4 is 35.2 Å². The van der Waals surface area contributed by atoms with Gasteiger partial charge in [-0.3, -0.25) is 14.9 Å². The SMILES string of the molecule is COc1ccc(/C=C/C(=O)NC(=S)N2CCC[C@H](C(N)=O)C2)cc1. The molecule has 2 rings (SSSR count). The van der Waals surface area contributed by atoms with Crippen LogP contribution in [0.25, 0.3) is 6.08 Å². The van der Waals surface area contributed by atoms with Crippen molar-refractivity contribution in [3.63, 3.8) is 0 Å². The van der Waals surface area contributed by atoms with E-state index in [-0.39, 0.29) is 17.7 Å².